The van der Waals surface area contributed by atoms with Gasteiger partial charge >= 0.3 is 0 Å². The van der Waals surface area contributed by atoms with Gasteiger partial charge in [0.25, 0.3) is 0 Å². The third kappa shape index (κ3) is 3.11. The fraction of sp³-hybridized carbons (Fsp3) is 0.368. The molecule has 2 aromatic carbocycles. The van der Waals surface area contributed by atoms with E-state index in [-0.39, 0.29) is 11.8 Å². The molecule has 2 fully saturated rings. The number of rotatable bonds is 5. The molecule has 0 N–H and O–H groups in total. The van der Waals surface area contributed by atoms with Crippen LogP contribution in [0, 0.1) is 0 Å². The van der Waals surface area contributed by atoms with Crippen LogP contribution in [0.1, 0.15) is 5.56 Å². The molecule has 0 amide bonds. The molecule has 4 heteroatoms. The van der Waals surface area contributed by atoms with Crippen LogP contribution in [0.4, 0.5) is 0 Å². The van der Waals surface area contributed by atoms with Crippen molar-refractivity contribution in [2.45, 2.75) is 18.4 Å². The molecule has 0 unspecified atom stereocenters. The summed E-state index contributed by atoms with van der Waals surface area (Å²) in [5, 5.41) is 0. The minimum absolute atomic E-state index is 0.0721. The first-order chi connectivity index (χ1) is 11.3. The number of ether oxygens (including phenoxy) is 3. The molecule has 0 radical (unpaired) electrons. The molecule has 2 aromatic rings. The van der Waals surface area contributed by atoms with E-state index >= 15 is 0 Å². The fourth-order valence-electron chi connectivity index (χ4n) is 3.17. The molecule has 0 bridgehead atoms. The van der Waals surface area contributed by atoms with Crippen LogP contribution in [0.3, 0.4) is 0 Å². The summed E-state index contributed by atoms with van der Waals surface area (Å²) in [4.78, 5) is 2.38. The van der Waals surface area contributed by atoms with E-state index in [1.807, 2.05) is 36.4 Å². The van der Waals surface area contributed by atoms with Crippen LogP contribution >= 0.6 is 0 Å². The number of benzene rings is 2. The smallest absolute Gasteiger partial charge is 0.169 e. The molecule has 1 atom stereocenters. The van der Waals surface area contributed by atoms with Crippen molar-refractivity contribution in [1.29, 1.82) is 0 Å². The van der Waals surface area contributed by atoms with Gasteiger partial charge in [-0.3, -0.25) is 4.90 Å². The third-order valence-electron chi connectivity index (χ3n) is 4.44. The molecule has 4 rings (SSSR count). The molecule has 4 nitrogen and oxygen atoms in total. The maximum Gasteiger partial charge on any atom is 0.169 e. The maximum absolute atomic E-state index is 6.27. The van der Waals surface area contributed by atoms with Gasteiger partial charge in [-0.2, -0.15) is 0 Å². The summed E-state index contributed by atoms with van der Waals surface area (Å²) in [6, 6.07) is 20.4. The van der Waals surface area contributed by atoms with Gasteiger partial charge in [-0.15, -0.1) is 0 Å². The zero-order valence-electron chi connectivity index (χ0n) is 13.1. The second-order valence-electron chi connectivity index (χ2n) is 6.17. The van der Waals surface area contributed by atoms with Crippen LogP contribution in [0.25, 0.3) is 0 Å². The highest BCUT2D eigenvalue weighted by Crippen LogP contribution is 2.35. The van der Waals surface area contributed by atoms with Gasteiger partial charge in [-0.1, -0.05) is 48.5 Å². The van der Waals surface area contributed by atoms with Gasteiger partial charge in [-0.25, -0.2) is 0 Å². The van der Waals surface area contributed by atoms with Crippen LogP contribution in [0.2, 0.25) is 0 Å². The number of hydrogen-bond acceptors (Lipinski definition) is 4. The Labute approximate surface area is 136 Å². The van der Waals surface area contributed by atoms with Crippen molar-refractivity contribution in [2.24, 2.45) is 0 Å². The molecule has 120 valence electrons. The second kappa shape index (κ2) is 6.32. The Balaban J connectivity index is 1.40. The molecule has 23 heavy (non-hydrogen) atoms. The first kappa shape index (κ1) is 14.7. The molecular weight excluding hydrogens is 290 g/mol. The summed E-state index contributed by atoms with van der Waals surface area (Å²) in [5.41, 5.74) is 1.03. The monoisotopic (exact) mass is 311 g/mol. The van der Waals surface area contributed by atoms with Gasteiger partial charge in [0, 0.05) is 13.1 Å². The summed E-state index contributed by atoms with van der Waals surface area (Å²) in [6.45, 7) is 3.59. The quantitative estimate of drug-likeness (QED) is 0.849. The average Bonchev–Trinajstić information content (AvgIpc) is 2.94. The summed E-state index contributed by atoms with van der Waals surface area (Å²) < 4.78 is 17.6. The second-order valence-corrected chi connectivity index (χ2v) is 6.17. The van der Waals surface area contributed by atoms with Crippen molar-refractivity contribution in [2.75, 3.05) is 26.4 Å². The maximum atomic E-state index is 6.27. The Kier molecular flexibility index (Phi) is 4.04. The van der Waals surface area contributed by atoms with E-state index in [4.69, 9.17) is 14.2 Å². The Morgan fingerprint density at radius 1 is 1.00 bits per heavy atom. The van der Waals surface area contributed by atoms with E-state index in [1.165, 1.54) is 5.56 Å². The van der Waals surface area contributed by atoms with Crippen LogP contribution in [0.15, 0.2) is 60.7 Å². The molecule has 2 saturated heterocycles. The number of hydrogen-bond donors (Lipinski definition) is 0. The van der Waals surface area contributed by atoms with Crippen molar-refractivity contribution >= 4 is 0 Å². The van der Waals surface area contributed by atoms with Gasteiger partial charge in [0.2, 0.25) is 0 Å². The summed E-state index contributed by atoms with van der Waals surface area (Å²) >= 11 is 0. The van der Waals surface area contributed by atoms with Crippen molar-refractivity contribution < 1.29 is 14.2 Å². The van der Waals surface area contributed by atoms with Gasteiger partial charge in [-0.05, 0) is 17.7 Å². The molecule has 1 spiro atoms. The van der Waals surface area contributed by atoms with Gasteiger partial charge < -0.3 is 14.2 Å². The van der Waals surface area contributed by atoms with Gasteiger partial charge in [0.05, 0.1) is 13.2 Å². The van der Waals surface area contributed by atoms with Gasteiger partial charge in [0.15, 0.2) is 5.72 Å². The SMILES string of the molecule is c1ccc(CN2C[C@H](COc3ccccc3)OC23COC3)cc1. The Morgan fingerprint density at radius 3 is 2.35 bits per heavy atom. The fourth-order valence-corrected chi connectivity index (χ4v) is 3.17. The van der Waals surface area contributed by atoms with Crippen LogP contribution in [-0.2, 0) is 16.0 Å². The van der Waals surface area contributed by atoms with Crippen LogP contribution in [0.5, 0.6) is 5.75 Å². The molecule has 0 saturated carbocycles. The highest BCUT2D eigenvalue weighted by Gasteiger charge is 2.52. The molecule has 2 heterocycles. The summed E-state index contributed by atoms with van der Waals surface area (Å²) in [5.74, 6) is 0.886. The Morgan fingerprint density at radius 2 is 1.70 bits per heavy atom. The van der Waals surface area contributed by atoms with Crippen molar-refractivity contribution in [1.82, 2.24) is 4.90 Å². The van der Waals surface area contributed by atoms with Crippen molar-refractivity contribution in [3.63, 3.8) is 0 Å². The highest BCUT2D eigenvalue weighted by atomic mass is 16.6. The van der Waals surface area contributed by atoms with Crippen LogP contribution in [-0.4, -0.2) is 43.1 Å². The molecule has 2 aliphatic rings. The number of para-hydroxylation sites is 1. The largest absolute Gasteiger partial charge is 0.491 e. The Hall–Kier alpha value is -1.88. The lowest BCUT2D eigenvalue weighted by atomic mass is 10.1. The Bertz CT molecular complexity index is 628. The topological polar surface area (TPSA) is 30.9 Å². The standard InChI is InChI=1S/C19H21NO3/c1-3-7-16(8-4-1)11-20-12-18(23-19(20)14-21-15-19)13-22-17-9-5-2-6-10-17/h1-10,18H,11-15H2/t18-/m1/s1. The first-order valence-corrected chi connectivity index (χ1v) is 8.06. The number of nitrogens with zero attached hydrogens (tertiary/aromatic N) is 1. The molecular formula is C19H21NO3. The molecule has 0 aliphatic carbocycles. The predicted molar refractivity (Wildman–Crippen MR) is 87.2 cm³/mol. The van der Waals surface area contributed by atoms with E-state index in [0.29, 0.717) is 19.8 Å². The summed E-state index contributed by atoms with van der Waals surface area (Å²) in [7, 11) is 0. The minimum atomic E-state index is -0.263. The lowest BCUT2D eigenvalue weighted by Crippen LogP contribution is -2.59. The van der Waals surface area contributed by atoms with E-state index in [1.54, 1.807) is 0 Å². The predicted octanol–water partition coefficient (Wildman–Crippen LogP) is 2.69. The van der Waals surface area contributed by atoms with E-state index in [0.717, 1.165) is 18.8 Å². The average molecular weight is 311 g/mol. The lowest BCUT2D eigenvalue weighted by molar-refractivity contribution is -0.255. The van der Waals surface area contributed by atoms with E-state index in [2.05, 4.69) is 29.2 Å². The minimum Gasteiger partial charge on any atom is -0.491 e. The van der Waals surface area contributed by atoms with E-state index in [9.17, 15) is 0 Å². The van der Waals surface area contributed by atoms with E-state index < -0.39 is 0 Å². The third-order valence-corrected chi connectivity index (χ3v) is 4.44. The van der Waals surface area contributed by atoms with Crippen LogP contribution < -0.4 is 4.74 Å². The van der Waals surface area contributed by atoms with Crippen molar-refractivity contribution in [3.05, 3.63) is 66.2 Å². The van der Waals surface area contributed by atoms with Crippen molar-refractivity contribution in [3.8, 4) is 5.75 Å². The molecule has 2 aliphatic heterocycles. The normalized spacial score (nSPS) is 22.9. The zero-order chi connectivity index (χ0) is 15.5. The lowest BCUT2D eigenvalue weighted by Gasteiger charge is -2.43. The first-order valence-electron chi connectivity index (χ1n) is 8.06. The molecule has 0 aromatic heterocycles. The summed E-state index contributed by atoms with van der Waals surface area (Å²) in [6.07, 6.45) is 0.0721. The highest BCUT2D eigenvalue weighted by molar-refractivity contribution is 5.21. The zero-order valence-corrected chi connectivity index (χ0v) is 13.1. The van der Waals surface area contributed by atoms with Gasteiger partial charge in [0.1, 0.15) is 18.5 Å².